The fourth-order valence-corrected chi connectivity index (χ4v) is 2.70. The predicted octanol–water partition coefficient (Wildman–Crippen LogP) is 3.97. The van der Waals surface area contributed by atoms with Gasteiger partial charge in [-0.25, -0.2) is 4.79 Å². The Kier molecular flexibility index (Phi) is 5.40. The molecule has 0 aliphatic carbocycles. The summed E-state index contributed by atoms with van der Waals surface area (Å²) in [6.07, 6.45) is -3.08. The number of hydrogen-bond donors (Lipinski definition) is 1. The molecule has 2 aromatic carbocycles. The van der Waals surface area contributed by atoms with Gasteiger partial charge in [0.1, 0.15) is 5.75 Å². The predicted molar refractivity (Wildman–Crippen MR) is 99.6 cm³/mol. The Hall–Kier alpha value is -3.62. The minimum atomic E-state index is -4.55. The first-order chi connectivity index (χ1) is 13.7. The number of hydrogen-bond acceptors (Lipinski definition) is 4. The standard InChI is InChI=1S/C20H15F3N2O4/c1-12-16(9-13-5-2-3-8-17(13)29-11-18(26)27)19(28)25(24-12)15-7-4-6-14(10-15)20(21,22)23/h2-10H,11H2,1H3,(H,26,27). The van der Waals surface area contributed by atoms with Gasteiger partial charge >= 0.3 is 12.1 Å². The molecule has 0 atom stereocenters. The number of carbonyl (C=O) groups excluding carboxylic acids is 1. The number of carboxylic acid groups (broad SMARTS) is 1. The molecule has 0 bridgehead atoms. The summed E-state index contributed by atoms with van der Waals surface area (Å²) in [7, 11) is 0. The lowest BCUT2D eigenvalue weighted by atomic mass is 10.1. The normalized spacial score (nSPS) is 15.6. The number of carbonyl (C=O) groups is 2. The number of rotatable bonds is 5. The highest BCUT2D eigenvalue weighted by Crippen LogP contribution is 2.33. The average Bonchev–Trinajstić information content (AvgIpc) is 2.95. The van der Waals surface area contributed by atoms with Crippen LogP contribution in [0.3, 0.4) is 0 Å². The molecule has 29 heavy (non-hydrogen) atoms. The van der Waals surface area contributed by atoms with E-state index in [9.17, 15) is 22.8 Å². The zero-order valence-corrected chi connectivity index (χ0v) is 15.1. The van der Waals surface area contributed by atoms with Crippen molar-refractivity contribution in [2.45, 2.75) is 13.1 Å². The molecule has 0 radical (unpaired) electrons. The Balaban J connectivity index is 1.93. The van der Waals surface area contributed by atoms with Crippen LogP contribution in [0.25, 0.3) is 6.08 Å². The Morgan fingerprint density at radius 2 is 1.93 bits per heavy atom. The molecule has 1 aliphatic heterocycles. The van der Waals surface area contributed by atoms with E-state index in [4.69, 9.17) is 9.84 Å². The lowest BCUT2D eigenvalue weighted by Crippen LogP contribution is -2.21. The lowest BCUT2D eigenvalue weighted by molar-refractivity contribution is -0.139. The number of anilines is 1. The van der Waals surface area contributed by atoms with Crippen LogP contribution in [0.2, 0.25) is 0 Å². The fourth-order valence-electron chi connectivity index (χ4n) is 2.70. The minimum Gasteiger partial charge on any atom is -0.481 e. The Bertz CT molecular complexity index is 1030. The van der Waals surface area contributed by atoms with Gasteiger partial charge in [0.25, 0.3) is 5.91 Å². The van der Waals surface area contributed by atoms with Crippen LogP contribution >= 0.6 is 0 Å². The second-order valence-electron chi connectivity index (χ2n) is 6.13. The van der Waals surface area contributed by atoms with Gasteiger partial charge in [0.15, 0.2) is 6.61 Å². The fraction of sp³-hybridized carbons (Fsp3) is 0.150. The number of halogens is 3. The van der Waals surface area contributed by atoms with Crippen molar-refractivity contribution in [2.24, 2.45) is 5.10 Å². The summed E-state index contributed by atoms with van der Waals surface area (Å²) in [5.41, 5.74) is 0.00950. The van der Waals surface area contributed by atoms with Crippen molar-refractivity contribution < 1.29 is 32.6 Å². The maximum Gasteiger partial charge on any atom is 0.416 e. The zero-order valence-electron chi connectivity index (χ0n) is 15.1. The van der Waals surface area contributed by atoms with Crippen molar-refractivity contribution in [1.82, 2.24) is 0 Å². The summed E-state index contributed by atoms with van der Waals surface area (Å²) in [5.74, 6) is -1.51. The second kappa shape index (κ2) is 7.78. The summed E-state index contributed by atoms with van der Waals surface area (Å²) in [5, 5.41) is 13.7. The molecule has 1 N–H and O–H groups in total. The Morgan fingerprint density at radius 3 is 2.62 bits per heavy atom. The third-order valence-corrected chi connectivity index (χ3v) is 4.05. The topological polar surface area (TPSA) is 79.2 Å². The quantitative estimate of drug-likeness (QED) is 0.765. The largest absolute Gasteiger partial charge is 0.481 e. The van der Waals surface area contributed by atoms with Gasteiger partial charge in [-0.05, 0) is 37.3 Å². The minimum absolute atomic E-state index is 0.0111. The highest BCUT2D eigenvalue weighted by atomic mass is 19.4. The van der Waals surface area contributed by atoms with Crippen LogP contribution in [0.15, 0.2) is 59.2 Å². The summed E-state index contributed by atoms with van der Waals surface area (Å²) in [6, 6.07) is 10.8. The van der Waals surface area contributed by atoms with Crippen molar-refractivity contribution in [3.63, 3.8) is 0 Å². The molecule has 1 aliphatic rings. The maximum absolute atomic E-state index is 13.0. The summed E-state index contributed by atoms with van der Waals surface area (Å²) in [6.45, 7) is 0.996. The van der Waals surface area contributed by atoms with Crippen molar-refractivity contribution in [1.29, 1.82) is 0 Å². The molecule has 1 heterocycles. The molecule has 9 heteroatoms. The van der Waals surface area contributed by atoms with Crippen LogP contribution in [-0.4, -0.2) is 29.3 Å². The van der Waals surface area contributed by atoms with Gasteiger partial charge in [0.05, 0.1) is 22.5 Å². The Morgan fingerprint density at radius 1 is 1.21 bits per heavy atom. The van der Waals surface area contributed by atoms with E-state index in [0.29, 0.717) is 11.3 Å². The van der Waals surface area contributed by atoms with E-state index in [-0.39, 0.29) is 17.0 Å². The summed E-state index contributed by atoms with van der Waals surface area (Å²) < 4.78 is 44.1. The van der Waals surface area contributed by atoms with Gasteiger partial charge in [0.2, 0.25) is 0 Å². The maximum atomic E-state index is 13.0. The molecule has 2 aromatic rings. The van der Waals surface area contributed by atoms with Crippen LogP contribution in [0, 0.1) is 0 Å². The third-order valence-electron chi connectivity index (χ3n) is 4.05. The molecular formula is C20H15F3N2O4. The number of hydrazone groups is 1. The van der Waals surface area contributed by atoms with Crippen LogP contribution in [0.1, 0.15) is 18.1 Å². The van der Waals surface area contributed by atoms with E-state index in [1.54, 1.807) is 31.2 Å². The molecule has 0 spiro atoms. The highest BCUT2D eigenvalue weighted by molar-refractivity contribution is 6.32. The monoisotopic (exact) mass is 404 g/mol. The molecule has 0 fully saturated rings. The molecule has 150 valence electrons. The van der Waals surface area contributed by atoms with Crippen molar-refractivity contribution in [3.05, 3.63) is 65.2 Å². The molecule has 0 saturated heterocycles. The molecule has 0 aromatic heterocycles. The van der Waals surface area contributed by atoms with E-state index < -0.39 is 30.2 Å². The van der Waals surface area contributed by atoms with Crippen molar-refractivity contribution in [3.8, 4) is 5.75 Å². The number of alkyl halides is 3. The smallest absolute Gasteiger partial charge is 0.416 e. The highest BCUT2D eigenvalue weighted by Gasteiger charge is 2.33. The number of aliphatic carboxylic acids is 1. The van der Waals surface area contributed by atoms with Crippen molar-refractivity contribution >= 4 is 29.4 Å². The van der Waals surface area contributed by atoms with Crippen LogP contribution in [-0.2, 0) is 15.8 Å². The second-order valence-corrected chi connectivity index (χ2v) is 6.13. The van der Waals surface area contributed by atoms with E-state index >= 15 is 0 Å². The number of amides is 1. The Labute approximate surface area is 163 Å². The number of ether oxygens (including phenoxy) is 1. The molecule has 0 unspecified atom stereocenters. The van der Waals surface area contributed by atoms with E-state index in [2.05, 4.69) is 5.10 Å². The number of nitrogens with zero attached hydrogens (tertiary/aromatic N) is 2. The average molecular weight is 404 g/mol. The summed E-state index contributed by atoms with van der Waals surface area (Å²) in [4.78, 5) is 23.5. The first-order valence-electron chi connectivity index (χ1n) is 8.39. The lowest BCUT2D eigenvalue weighted by Gasteiger charge is -2.14. The van der Waals surface area contributed by atoms with Gasteiger partial charge in [0, 0.05) is 5.56 Å². The first-order valence-corrected chi connectivity index (χ1v) is 8.39. The SMILES string of the molecule is CC1=NN(c2cccc(C(F)(F)F)c2)C(=O)C1=Cc1ccccc1OCC(=O)O. The van der Waals surface area contributed by atoms with Crippen molar-refractivity contribution in [2.75, 3.05) is 11.6 Å². The summed E-state index contributed by atoms with van der Waals surface area (Å²) >= 11 is 0. The van der Waals surface area contributed by atoms with Crippen LogP contribution in [0.5, 0.6) is 5.75 Å². The molecule has 3 rings (SSSR count). The number of para-hydroxylation sites is 1. The van der Waals surface area contributed by atoms with Gasteiger partial charge in [-0.3, -0.25) is 4.79 Å². The van der Waals surface area contributed by atoms with E-state index in [0.717, 1.165) is 17.1 Å². The van der Waals surface area contributed by atoms with E-state index in [1.807, 2.05) is 0 Å². The van der Waals surface area contributed by atoms with Gasteiger partial charge in [-0.15, -0.1) is 0 Å². The first kappa shape index (κ1) is 20.1. The van der Waals surface area contributed by atoms with Gasteiger partial charge < -0.3 is 9.84 Å². The number of carboxylic acids is 1. The van der Waals surface area contributed by atoms with Gasteiger partial charge in [-0.1, -0.05) is 24.3 Å². The third kappa shape index (κ3) is 4.45. The van der Waals surface area contributed by atoms with Gasteiger partial charge in [-0.2, -0.15) is 23.3 Å². The molecule has 1 amide bonds. The van der Waals surface area contributed by atoms with Crippen LogP contribution in [0.4, 0.5) is 18.9 Å². The van der Waals surface area contributed by atoms with E-state index in [1.165, 1.54) is 18.2 Å². The molecule has 0 saturated carbocycles. The van der Waals surface area contributed by atoms with Crippen LogP contribution < -0.4 is 9.75 Å². The number of benzene rings is 2. The molecule has 6 nitrogen and oxygen atoms in total. The zero-order chi connectivity index (χ0) is 21.2. The molecular weight excluding hydrogens is 389 g/mol.